The minimum Gasteiger partial charge on any atom is -0.351 e. The molecule has 5 nitrogen and oxygen atoms in total. The molecule has 2 N–H and O–H groups in total. The molecule has 0 aromatic heterocycles. The summed E-state index contributed by atoms with van der Waals surface area (Å²) in [6.45, 7) is 4.74. The number of carbonyl (C=O) groups is 2. The van der Waals surface area contributed by atoms with Gasteiger partial charge in [0, 0.05) is 35.2 Å². The average Bonchev–Trinajstić information content (AvgIpc) is 3.70. The summed E-state index contributed by atoms with van der Waals surface area (Å²) in [6, 6.07) is 18.5. The molecule has 2 amide bonds. The van der Waals surface area contributed by atoms with Crippen LogP contribution in [-0.2, 0) is 16.6 Å². The zero-order valence-electron chi connectivity index (χ0n) is 19.4. The van der Waals surface area contributed by atoms with Crippen LogP contribution in [0.1, 0.15) is 48.2 Å². The maximum atomic E-state index is 13.0. The Labute approximate surface area is 190 Å². The predicted molar refractivity (Wildman–Crippen MR) is 128 cm³/mol. The van der Waals surface area contributed by atoms with Gasteiger partial charge in [0.15, 0.2) is 0 Å². The van der Waals surface area contributed by atoms with E-state index in [1.807, 2.05) is 63.5 Å². The minimum absolute atomic E-state index is 0.00464. The number of rotatable bonds is 9. The largest absolute Gasteiger partial charge is 0.351 e. The first-order valence-corrected chi connectivity index (χ1v) is 11.4. The lowest BCUT2D eigenvalue weighted by Gasteiger charge is -2.25. The van der Waals surface area contributed by atoms with E-state index < -0.39 is 0 Å². The zero-order valence-corrected chi connectivity index (χ0v) is 19.4. The molecule has 2 aliphatic carbocycles. The second-order valence-corrected chi connectivity index (χ2v) is 9.47. The van der Waals surface area contributed by atoms with Crippen LogP contribution in [0.3, 0.4) is 0 Å². The number of nitrogens with one attached hydrogen (secondary N) is 2. The molecule has 0 spiro atoms. The molecule has 1 fully saturated rings. The van der Waals surface area contributed by atoms with Crippen molar-refractivity contribution in [1.29, 1.82) is 0 Å². The molecule has 2 aromatic carbocycles. The van der Waals surface area contributed by atoms with E-state index in [0.29, 0.717) is 18.2 Å². The van der Waals surface area contributed by atoms with Crippen LogP contribution in [0.25, 0.3) is 0 Å². The normalized spacial score (nSPS) is 20.8. The number of benzene rings is 2. The second-order valence-electron chi connectivity index (χ2n) is 9.47. The molecule has 32 heavy (non-hydrogen) atoms. The topological polar surface area (TPSA) is 61.4 Å². The fraction of sp³-hybridized carbons (Fsp3) is 0.407. The molecule has 4 rings (SSSR count). The Hall–Kier alpha value is -2.92. The summed E-state index contributed by atoms with van der Waals surface area (Å²) in [7, 11) is 4.06. The van der Waals surface area contributed by atoms with E-state index in [0.717, 1.165) is 41.5 Å². The lowest BCUT2D eigenvalue weighted by molar-refractivity contribution is -0.117. The highest BCUT2D eigenvalue weighted by Gasteiger charge is 2.51. The van der Waals surface area contributed by atoms with Crippen LogP contribution in [0, 0.1) is 0 Å². The summed E-state index contributed by atoms with van der Waals surface area (Å²) in [4.78, 5) is 27.3. The van der Waals surface area contributed by atoms with Crippen LogP contribution in [0.2, 0.25) is 0 Å². The third-order valence-electron chi connectivity index (χ3n) is 6.97. The van der Waals surface area contributed by atoms with Crippen LogP contribution in [0.5, 0.6) is 0 Å². The molecular formula is C27H33N3O2. The number of carbonyl (C=O) groups excluding carboxylic acids is 2. The summed E-state index contributed by atoms with van der Waals surface area (Å²) in [5.41, 5.74) is 4.78. The maximum Gasteiger partial charge on any atom is 0.251 e. The van der Waals surface area contributed by atoms with Gasteiger partial charge in [0.25, 0.3) is 5.91 Å². The smallest absolute Gasteiger partial charge is 0.251 e. The molecule has 5 heteroatoms. The Bertz CT molecular complexity index is 1020. The summed E-state index contributed by atoms with van der Waals surface area (Å²) < 4.78 is 0. The molecule has 0 heterocycles. The fourth-order valence-electron chi connectivity index (χ4n) is 4.36. The highest BCUT2D eigenvalue weighted by Crippen LogP contribution is 2.53. The van der Waals surface area contributed by atoms with Gasteiger partial charge in [-0.25, -0.2) is 0 Å². The van der Waals surface area contributed by atoms with Crippen molar-refractivity contribution in [3.63, 3.8) is 0 Å². The summed E-state index contributed by atoms with van der Waals surface area (Å²) >= 11 is 0. The van der Waals surface area contributed by atoms with Crippen molar-refractivity contribution >= 4 is 11.8 Å². The molecule has 2 aromatic rings. The Kier molecular flexibility index (Phi) is 6.20. The Morgan fingerprint density at radius 2 is 1.69 bits per heavy atom. The van der Waals surface area contributed by atoms with Crippen molar-refractivity contribution in [1.82, 2.24) is 15.5 Å². The molecule has 2 aliphatic rings. The van der Waals surface area contributed by atoms with Gasteiger partial charge < -0.3 is 15.5 Å². The Morgan fingerprint density at radius 1 is 1.03 bits per heavy atom. The predicted octanol–water partition coefficient (Wildman–Crippen LogP) is 3.46. The van der Waals surface area contributed by atoms with Gasteiger partial charge in [0.2, 0.25) is 5.91 Å². The van der Waals surface area contributed by atoms with Gasteiger partial charge in [-0.15, -0.1) is 0 Å². The third-order valence-corrected chi connectivity index (χ3v) is 6.97. The van der Waals surface area contributed by atoms with Crippen LogP contribution in [0.4, 0.5) is 0 Å². The first-order chi connectivity index (χ1) is 15.3. The minimum atomic E-state index is -0.254. The van der Waals surface area contributed by atoms with Gasteiger partial charge in [-0.2, -0.15) is 0 Å². The van der Waals surface area contributed by atoms with Crippen molar-refractivity contribution < 1.29 is 9.59 Å². The van der Waals surface area contributed by atoms with Crippen molar-refractivity contribution in [3.05, 3.63) is 82.4 Å². The van der Waals surface area contributed by atoms with E-state index in [1.54, 1.807) is 0 Å². The van der Waals surface area contributed by atoms with E-state index in [-0.39, 0.29) is 23.3 Å². The number of nitrogens with zero attached hydrogens (tertiary/aromatic N) is 1. The Balaban J connectivity index is 1.34. The van der Waals surface area contributed by atoms with Gasteiger partial charge in [-0.05, 0) is 76.0 Å². The number of hydrogen-bond acceptors (Lipinski definition) is 3. The molecule has 2 atom stereocenters. The van der Waals surface area contributed by atoms with Crippen molar-refractivity contribution in [2.75, 3.05) is 20.6 Å². The molecule has 0 aliphatic heterocycles. The average molecular weight is 432 g/mol. The van der Waals surface area contributed by atoms with Crippen molar-refractivity contribution in [3.8, 4) is 0 Å². The highest BCUT2D eigenvalue weighted by molar-refractivity contribution is 6.04. The molecule has 0 saturated heterocycles. The number of allylic oxidation sites excluding steroid dienone is 1. The highest BCUT2D eigenvalue weighted by atomic mass is 16.2. The molecule has 168 valence electrons. The maximum absolute atomic E-state index is 13.0. The molecule has 0 unspecified atom stereocenters. The monoisotopic (exact) mass is 431 g/mol. The standard InChI is InChI=1S/C27H33N3O2/c1-18-24(27(18,2)21-8-6-5-7-9-21)26(32)28-17-23(30(3)4)16-19-10-12-20(13-11-19)25(31)29-22-14-15-22/h5-13,22-23H,14-17H2,1-4H3,(H,28,32)(H,29,31)/t23-,27+/m0/s1. The Morgan fingerprint density at radius 3 is 2.28 bits per heavy atom. The SMILES string of the molecule is CC1=C(C(=O)NC[C@H](Cc2ccc(C(=O)NC3CC3)cc2)N(C)C)[C@@]1(C)c1ccccc1. The second kappa shape index (κ2) is 8.91. The summed E-state index contributed by atoms with van der Waals surface area (Å²) in [5.74, 6) is 0.0258. The first-order valence-electron chi connectivity index (χ1n) is 11.4. The number of amides is 2. The first kappa shape index (κ1) is 22.3. The van der Waals surface area contributed by atoms with Crippen LogP contribution in [0.15, 0.2) is 65.7 Å². The lowest BCUT2D eigenvalue weighted by Crippen LogP contribution is -2.42. The van der Waals surface area contributed by atoms with E-state index in [2.05, 4.69) is 34.6 Å². The van der Waals surface area contributed by atoms with Gasteiger partial charge in [-0.3, -0.25) is 9.59 Å². The molecule has 1 saturated carbocycles. The van der Waals surface area contributed by atoms with Crippen LogP contribution in [-0.4, -0.2) is 49.4 Å². The summed E-state index contributed by atoms with van der Waals surface area (Å²) in [5, 5.41) is 6.18. The van der Waals surface area contributed by atoms with E-state index in [9.17, 15) is 9.59 Å². The van der Waals surface area contributed by atoms with E-state index in [1.165, 1.54) is 0 Å². The summed E-state index contributed by atoms with van der Waals surface area (Å²) in [6.07, 6.45) is 2.97. The molecular weight excluding hydrogens is 398 g/mol. The van der Waals surface area contributed by atoms with E-state index >= 15 is 0 Å². The van der Waals surface area contributed by atoms with Gasteiger partial charge in [0.05, 0.1) is 0 Å². The van der Waals surface area contributed by atoms with Crippen molar-refractivity contribution in [2.24, 2.45) is 0 Å². The molecule has 0 bridgehead atoms. The third kappa shape index (κ3) is 4.63. The van der Waals surface area contributed by atoms with Crippen molar-refractivity contribution in [2.45, 2.75) is 50.6 Å². The lowest BCUT2D eigenvalue weighted by atomic mass is 9.90. The quantitative estimate of drug-likeness (QED) is 0.639. The van der Waals surface area contributed by atoms with Crippen LogP contribution < -0.4 is 10.6 Å². The van der Waals surface area contributed by atoms with Gasteiger partial charge in [0.1, 0.15) is 0 Å². The van der Waals surface area contributed by atoms with Gasteiger partial charge >= 0.3 is 0 Å². The zero-order chi connectivity index (χ0) is 22.9. The van der Waals surface area contributed by atoms with E-state index in [4.69, 9.17) is 0 Å². The van der Waals surface area contributed by atoms with Crippen LogP contribution >= 0.6 is 0 Å². The fourth-order valence-corrected chi connectivity index (χ4v) is 4.36. The van der Waals surface area contributed by atoms with Gasteiger partial charge in [-0.1, -0.05) is 42.5 Å². The number of likely N-dealkylation sites (N-methyl/N-ethyl adjacent to an activating group) is 1. The molecule has 0 radical (unpaired) electrons. The number of hydrogen-bond donors (Lipinski definition) is 2.